The fourth-order valence-electron chi connectivity index (χ4n) is 2.14. The summed E-state index contributed by atoms with van der Waals surface area (Å²) >= 11 is 0. The minimum atomic E-state index is -1.20. The predicted octanol–water partition coefficient (Wildman–Crippen LogP) is 0.456. The van der Waals surface area contributed by atoms with E-state index in [9.17, 15) is 9.90 Å². The average molecular weight is 302 g/mol. The van der Waals surface area contributed by atoms with Crippen LogP contribution in [0.4, 0.5) is 0 Å². The van der Waals surface area contributed by atoms with Crippen molar-refractivity contribution in [2.45, 2.75) is 44.0 Å². The molecule has 1 rings (SSSR count). The van der Waals surface area contributed by atoms with Crippen LogP contribution in [0.5, 0.6) is 0 Å². The molecule has 0 amide bonds. The molecule has 0 unspecified atom stereocenters. The van der Waals surface area contributed by atoms with Crippen LogP contribution in [0.1, 0.15) is 25.7 Å². The zero-order chi connectivity index (χ0) is 15.5. The van der Waals surface area contributed by atoms with E-state index < -0.39 is 12.2 Å². The van der Waals surface area contributed by atoms with E-state index in [0.717, 1.165) is 12.8 Å². The third kappa shape index (κ3) is 7.15. The van der Waals surface area contributed by atoms with E-state index in [1.165, 1.54) is 0 Å². The number of Topliss-reactive ketones (excluding diaryl/α,β-unsaturated/α-hetero) is 1. The highest BCUT2D eigenvalue weighted by atomic mass is 16.5. The third-order valence-corrected chi connectivity index (χ3v) is 3.31. The standard InChI is InChI=1S/C15H26O6/c1-2-3-6-19-8-9-20-7-4-5-12-10-13(17)15(18)14(11-16)21-12/h2,12,14-16,18H,1,3-11H2/t12-,14-,15-/m1/s1. The van der Waals surface area contributed by atoms with Gasteiger partial charge < -0.3 is 24.4 Å². The number of carbonyl (C=O) groups excluding carboxylic acids is 1. The lowest BCUT2D eigenvalue weighted by Gasteiger charge is -2.31. The first kappa shape index (κ1) is 18.3. The van der Waals surface area contributed by atoms with Gasteiger partial charge in [0.15, 0.2) is 5.78 Å². The van der Waals surface area contributed by atoms with Crippen molar-refractivity contribution in [1.82, 2.24) is 0 Å². The molecule has 0 aromatic rings. The number of hydrogen-bond donors (Lipinski definition) is 2. The SMILES string of the molecule is C=CCCOCCOCCC[C@@H]1CC(=O)[C@@H](O)[C@@H](CO)O1. The Labute approximate surface area is 125 Å². The Bertz CT molecular complexity index is 307. The molecular formula is C15H26O6. The second-order valence-corrected chi connectivity index (χ2v) is 5.04. The van der Waals surface area contributed by atoms with Gasteiger partial charge in [0, 0.05) is 13.0 Å². The monoisotopic (exact) mass is 302 g/mol. The minimum Gasteiger partial charge on any atom is -0.394 e. The molecule has 0 spiro atoms. The van der Waals surface area contributed by atoms with Gasteiger partial charge in [0.25, 0.3) is 0 Å². The van der Waals surface area contributed by atoms with E-state index in [-0.39, 0.29) is 24.9 Å². The summed E-state index contributed by atoms with van der Waals surface area (Å²) < 4.78 is 16.2. The Hall–Kier alpha value is -0.790. The van der Waals surface area contributed by atoms with E-state index in [1.807, 2.05) is 6.08 Å². The molecule has 0 aromatic carbocycles. The lowest BCUT2D eigenvalue weighted by atomic mass is 9.97. The maximum absolute atomic E-state index is 11.5. The van der Waals surface area contributed by atoms with Crippen LogP contribution in [0.15, 0.2) is 12.7 Å². The van der Waals surface area contributed by atoms with Gasteiger partial charge in [-0.05, 0) is 19.3 Å². The van der Waals surface area contributed by atoms with Crippen molar-refractivity contribution < 1.29 is 29.2 Å². The zero-order valence-corrected chi connectivity index (χ0v) is 12.4. The van der Waals surface area contributed by atoms with Crippen LogP contribution < -0.4 is 0 Å². The molecule has 0 aliphatic carbocycles. The van der Waals surface area contributed by atoms with Crippen LogP contribution in [-0.2, 0) is 19.0 Å². The van der Waals surface area contributed by atoms with E-state index >= 15 is 0 Å². The molecule has 1 fully saturated rings. The van der Waals surface area contributed by atoms with E-state index in [2.05, 4.69) is 6.58 Å². The number of rotatable bonds is 11. The summed E-state index contributed by atoms with van der Waals surface area (Å²) in [5.41, 5.74) is 0. The second-order valence-electron chi connectivity index (χ2n) is 5.04. The van der Waals surface area contributed by atoms with E-state index in [1.54, 1.807) is 0 Å². The molecule has 6 heteroatoms. The van der Waals surface area contributed by atoms with Crippen LogP contribution in [0.2, 0.25) is 0 Å². The predicted molar refractivity (Wildman–Crippen MR) is 77.1 cm³/mol. The summed E-state index contributed by atoms with van der Waals surface area (Å²) in [6, 6.07) is 0. The molecule has 1 aliphatic heterocycles. The number of hydrogen-bond acceptors (Lipinski definition) is 6. The Kier molecular flexibility index (Phi) is 9.45. The van der Waals surface area contributed by atoms with Crippen molar-refractivity contribution in [2.24, 2.45) is 0 Å². The summed E-state index contributed by atoms with van der Waals surface area (Å²) in [6.07, 6.45) is 2.04. The van der Waals surface area contributed by atoms with Crippen LogP contribution >= 0.6 is 0 Å². The first-order valence-electron chi connectivity index (χ1n) is 7.42. The van der Waals surface area contributed by atoms with Crippen molar-refractivity contribution in [1.29, 1.82) is 0 Å². The molecule has 0 aromatic heterocycles. The topological polar surface area (TPSA) is 85.2 Å². The highest BCUT2D eigenvalue weighted by Gasteiger charge is 2.35. The molecule has 0 bridgehead atoms. The van der Waals surface area contributed by atoms with Gasteiger partial charge in [-0.15, -0.1) is 6.58 Å². The number of carbonyl (C=O) groups is 1. The Morgan fingerprint density at radius 1 is 1.29 bits per heavy atom. The smallest absolute Gasteiger partial charge is 0.166 e. The van der Waals surface area contributed by atoms with E-state index in [0.29, 0.717) is 32.8 Å². The van der Waals surface area contributed by atoms with Crippen LogP contribution in [0.3, 0.4) is 0 Å². The van der Waals surface area contributed by atoms with Crippen molar-refractivity contribution in [3.63, 3.8) is 0 Å². The number of aliphatic hydroxyl groups excluding tert-OH is 2. The minimum absolute atomic E-state index is 0.197. The van der Waals surface area contributed by atoms with Gasteiger partial charge in [-0.1, -0.05) is 6.08 Å². The summed E-state index contributed by atoms with van der Waals surface area (Å²) in [5, 5.41) is 18.6. The lowest BCUT2D eigenvalue weighted by molar-refractivity contribution is -0.164. The summed E-state index contributed by atoms with van der Waals surface area (Å²) in [5.74, 6) is -0.262. The molecular weight excluding hydrogens is 276 g/mol. The fraction of sp³-hybridized carbons (Fsp3) is 0.800. The van der Waals surface area contributed by atoms with Gasteiger partial charge in [0.1, 0.15) is 12.2 Å². The zero-order valence-electron chi connectivity index (χ0n) is 12.4. The van der Waals surface area contributed by atoms with Crippen LogP contribution in [0.25, 0.3) is 0 Å². The lowest BCUT2D eigenvalue weighted by Crippen LogP contribution is -2.47. The molecule has 1 saturated heterocycles. The van der Waals surface area contributed by atoms with Crippen LogP contribution in [0, 0.1) is 0 Å². The molecule has 0 saturated carbocycles. The fourth-order valence-corrected chi connectivity index (χ4v) is 2.14. The molecule has 2 N–H and O–H groups in total. The summed E-state index contributed by atoms with van der Waals surface area (Å²) in [4.78, 5) is 11.5. The van der Waals surface area contributed by atoms with Crippen molar-refractivity contribution >= 4 is 5.78 Å². The maximum atomic E-state index is 11.5. The molecule has 122 valence electrons. The molecule has 0 radical (unpaired) electrons. The third-order valence-electron chi connectivity index (χ3n) is 3.31. The van der Waals surface area contributed by atoms with Gasteiger partial charge in [-0.2, -0.15) is 0 Å². The Balaban J connectivity index is 2.02. The van der Waals surface area contributed by atoms with Gasteiger partial charge in [-0.25, -0.2) is 0 Å². The first-order chi connectivity index (χ1) is 10.2. The normalized spacial score (nSPS) is 26.0. The van der Waals surface area contributed by atoms with Crippen molar-refractivity contribution in [3.05, 3.63) is 12.7 Å². The molecule has 3 atom stereocenters. The quantitative estimate of drug-likeness (QED) is 0.426. The molecule has 1 heterocycles. The number of ether oxygens (including phenoxy) is 3. The summed E-state index contributed by atoms with van der Waals surface area (Å²) in [7, 11) is 0. The molecule has 6 nitrogen and oxygen atoms in total. The number of ketones is 1. The van der Waals surface area contributed by atoms with Crippen molar-refractivity contribution in [3.8, 4) is 0 Å². The molecule has 21 heavy (non-hydrogen) atoms. The van der Waals surface area contributed by atoms with Gasteiger partial charge in [0.05, 0.1) is 32.5 Å². The number of aliphatic hydroxyl groups is 2. The van der Waals surface area contributed by atoms with Gasteiger partial charge in [0.2, 0.25) is 0 Å². The molecule has 1 aliphatic rings. The Morgan fingerprint density at radius 2 is 2.00 bits per heavy atom. The van der Waals surface area contributed by atoms with Gasteiger partial charge in [-0.3, -0.25) is 4.79 Å². The van der Waals surface area contributed by atoms with Gasteiger partial charge >= 0.3 is 0 Å². The highest BCUT2D eigenvalue weighted by molar-refractivity contribution is 5.84. The average Bonchev–Trinajstić information content (AvgIpc) is 2.48. The second kappa shape index (κ2) is 10.9. The first-order valence-corrected chi connectivity index (χ1v) is 7.42. The maximum Gasteiger partial charge on any atom is 0.166 e. The van der Waals surface area contributed by atoms with Crippen LogP contribution in [-0.4, -0.2) is 67.3 Å². The van der Waals surface area contributed by atoms with Crippen molar-refractivity contribution in [2.75, 3.05) is 33.0 Å². The largest absolute Gasteiger partial charge is 0.394 e. The highest BCUT2D eigenvalue weighted by Crippen LogP contribution is 2.20. The van der Waals surface area contributed by atoms with E-state index in [4.69, 9.17) is 19.3 Å². The Morgan fingerprint density at radius 3 is 2.67 bits per heavy atom. The summed E-state index contributed by atoms with van der Waals surface area (Å²) in [6.45, 7) is 5.60.